The Kier molecular flexibility index (Phi) is 7.46. The molecule has 0 aromatic heterocycles. The maximum absolute atomic E-state index is 12.2. The summed E-state index contributed by atoms with van der Waals surface area (Å²) in [6, 6.07) is 25.7. The SMILES string of the molecule is O=C(NCCNS(=O)(=O)c1ccccc1)c1ccc(SCc2ccccc2)cc1. The van der Waals surface area contributed by atoms with Crippen LogP contribution in [-0.4, -0.2) is 27.4 Å². The van der Waals surface area contributed by atoms with E-state index < -0.39 is 10.0 Å². The fourth-order valence-electron chi connectivity index (χ4n) is 2.59. The van der Waals surface area contributed by atoms with Gasteiger partial charge in [0.2, 0.25) is 10.0 Å². The molecule has 0 aliphatic rings. The molecule has 1 amide bonds. The Morgan fingerprint density at radius 2 is 1.41 bits per heavy atom. The lowest BCUT2D eigenvalue weighted by Crippen LogP contribution is -2.34. The maximum atomic E-state index is 12.2. The molecule has 0 aliphatic heterocycles. The molecule has 0 bridgehead atoms. The molecule has 0 unspecified atom stereocenters. The van der Waals surface area contributed by atoms with Crippen LogP contribution in [0, 0.1) is 0 Å². The number of benzene rings is 3. The van der Waals surface area contributed by atoms with Crippen LogP contribution in [0.25, 0.3) is 0 Å². The number of hydrogen-bond donors (Lipinski definition) is 2. The van der Waals surface area contributed by atoms with Gasteiger partial charge in [-0.3, -0.25) is 4.79 Å². The fraction of sp³-hybridized carbons (Fsp3) is 0.136. The molecule has 3 aromatic carbocycles. The molecule has 3 aromatic rings. The zero-order valence-electron chi connectivity index (χ0n) is 15.7. The minimum atomic E-state index is -3.56. The van der Waals surface area contributed by atoms with Crippen molar-refractivity contribution in [3.8, 4) is 0 Å². The highest BCUT2D eigenvalue weighted by Crippen LogP contribution is 2.22. The lowest BCUT2D eigenvalue weighted by molar-refractivity contribution is 0.0954. The number of sulfonamides is 1. The average Bonchev–Trinajstić information content (AvgIpc) is 2.77. The predicted octanol–water partition coefficient (Wildman–Crippen LogP) is 3.69. The smallest absolute Gasteiger partial charge is 0.251 e. The summed E-state index contributed by atoms with van der Waals surface area (Å²) in [6.45, 7) is 0.323. The lowest BCUT2D eigenvalue weighted by Gasteiger charge is -2.08. The van der Waals surface area contributed by atoms with E-state index in [1.807, 2.05) is 30.3 Å². The molecular weight excluding hydrogens is 404 g/mol. The van der Waals surface area contributed by atoms with Crippen molar-refractivity contribution in [3.05, 3.63) is 96.1 Å². The largest absolute Gasteiger partial charge is 0.351 e. The molecule has 0 spiro atoms. The first-order valence-electron chi connectivity index (χ1n) is 9.14. The van der Waals surface area contributed by atoms with Gasteiger partial charge < -0.3 is 5.32 Å². The second kappa shape index (κ2) is 10.2. The van der Waals surface area contributed by atoms with Crippen molar-refractivity contribution in [2.45, 2.75) is 15.5 Å². The monoisotopic (exact) mass is 426 g/mol. The topological polar surface area (TPSA) is 75.3 Å². The van der Waals surface area contributed by atoms with Crippen LogP contribution in [0.5, 0.6) is 0 Å². The van der Waals surface area contributed by atoms with Crippen molar-refractivity contribution in [3.63, 3.8) is 0 Å². The van der Waals surface area contributed by atoms with Crippen LogP contribution in [0.1, 0.15) is 15.9 Å². The van der Waals surface area contributed by atoms with Crippen LogP contribution >= 0.6 is 11.8 Å². The second-order valence-corrected chi connectivity index (χ2v) is 9.08. The average molecular weight is 427 g/mol. The van der Waals surface area contributed by atoms with Gasteiger partial charge in [0.15, 0.2) is 0 Å². The predicted molar refractivity (Wildman–Crippen MR) is 116 cm³/mol. The van der Waals surface area contributed by atoms with Crippen LogP contribution in [0.15, 0.2) is 94.7 Å². The third-order valence-electron chi connectivity index (χ3n) is 4.12. The number of nitrogens with one attached hydrogen (secondary N) is 2. The Labute approximate surface area is 175 Å². The molecule has 0 fully saturated rings. The van der Waals surface area contributed by atoms with Gasteiger partial charge in [-0.25, -0.2) is 13.1 Å². The zero-order chi connectivity index (χ0) is 20.5. The molecular formula is C22H22N2O3S2. The van der Waals surface area contributed by atoms with Crippen LogP contribution in [0.4, 0.5) is 0 Å². The summed E-state index contributed by atoms with van der Waals surface area (Å²) in [5.41, 5.74) is 1.79. The van der Waals surface area contributed by atoms with Crippen LogP contribution in [0.3, 0.4) is 0 Å². The van der Waals surface area contributed by atoms with Gasteiger partial charge in [-0.05, 0) is 42.0 Å². The lowest BCUT2D eigenvalue weighted by atomic mass is 10.2. The van der Waals surface area contributed by atoms with Crippen molar-refractivity contribution < 1.29 is 13.2 Å². The number of carbonyl (C=O) groups excluding carboxylic acids is 1. The Morgan fingerprint density at radius 1 is 0.793 bits per heavy atom. The highest BCUT2D eigenvalue weighted by Gasteiger charge is 2.12. The molecule has 2 N–H and O–H groups in total. The van der Waals surface area contributed by atoms with E-state index in [0.717, 1.165) is 10.6 Å². The minimum Gasteiger partial charge on any atom is -0.351 e. The van der Waals surface area contributed by atoms with Crippen molar-refractivity contribution in [1.29, 1.82) is 0 Å². The quantitative estimate of drug-likeness (QED) is 0.404. The third kappa shape index (κ3) is 6.45. The minimum absolute atomic E-state index is 0.119. The van der Waals surface area contributed by atoms with Gasteiger partial charge in [0, 0.05) is 29.3 Å². The summed E-state index contributed by atoms with van der Waals surface area (Å²) in [5.74, 6) is 0.636. The molecule has 0 saturated heterocycles. The number of hydrogen-bond acceptors (Lipinski definition) is 4. The van der Waals surface area contributed by atoms with E-state index in [1.165, 1.54) is 17.7 Å². The number of carbonyl (C=O) groups is 1. The molecule has 5 nitrogen and oxygen atoms in total. The zero-order valence-corrected chi connectivity index (χ0v) is 17.4. The maximum Gasteiger partial charge on any atom is 0.251 e. The van der Waals surface area contributed by atoms with E-state index >= 15 is 0 Å². The molecule has 0 saturated carbocycles. The van der Waals surface area contributed by atoms with E-state index in [-0.39, 0.29) is 23.9 Å². The summed E-state index contributed by atoms with van der Waals surface area (Å²) in [6.07, 6.45) is 0. The third-order valence-corrected chi connectivity index (χ3v) is 6.68. The van der Waals surface area contributed by atoms with Crippen LogP contribution < -0.4 is 10.0 Å². The fourth-order valence-corrected chi connectivity index (χ4v) is 4.50. The summed E-state index contributed by atoms with van der Waals surface area (Å²) in [7, 11) is -3.56. The van der Waals surface area contributed by atoms with Crippen LogP contribution in [0.2, 0.25) is 0 Å². The second-order valence-electron chi connectivity index (χ2n) is 6.27. The molecule has 0 atom stereocenters. The number of amides is 1. The van der Waals surface area contributed by atoms with E-state index in [2.05, 4.69) is 22.2 Å². The van der Waals surface area contributed by atoms with Gasteiger partial charge >= 0.3 is 0 Å². The number of thioether (sulfide) groups is 1. The normalized spacial score (nSPS) is 11.2. The first-order valence-corrected chi connectivity index (χ1v) is 11.6. The van der Waals surface area contributed by atoms with Crippen molar-refractivity contribution in [2.24, 2.45) is 0 Å². The molecule has 0 heterocycles. The summed E-state index contributed by atoms with van der Waals surface area (Å²) in [5, 5.41) is 2.73. The summed E-state index contributed by atoms with van der Waals surface area (Å²) >= 11 is 1.71. The van der Waals surface area contributed by atoms with Crippen LogP contribution in [-0.2, 0) is 15.8 Å². The Balaban J connectivity index is 1.43. The van der Waals surface area contributed by atoms with E-state index in [4.69, 9.17) is 0 Å². The van der Waals surface area contributed by atoms with Gasteiger partial charge in [0.1, 0.15) is 0 Å². The van der Waals surface area contributed by atoms with Gasteiger partial charge in [0.05, 0.1) is 4.90 Å². The van der Waals surface area contributed by atoms with E-state index in [9.17, 15) is 13.2 Å². The molecule has 0 aliphatic carbocycles. The molecule has 150 valence electrons. The van der Waals surface area contributed by atoms with Crippen molar-refractivity contribution >= 4 is 27.7 Å². The Bertz CT molecular complexity index is 1020. The first-order chi connectivity index (χ1) is 14.0. The Hall–Kier alpha value is -2.61. The van der Waals surface area contributed by atoms with Gasteiger partial charge in [-0.15, -0.1) is 11.8 Å². The summed E-state index contributed by atoms with van der Waals surface area (Å²) < 4.78 is 26.7. The van der Waals surface area contributed by atoms with Crippen molar-refractivity contribution in [1.82, 2.24) is 10.0 Å². The van der Waals surface area contributed by atoms with Gasteiger partial charge in [-0.1, -0.05) is 48.5 Å². The Morgan fingerprint density at radius 3 is 2.07 bits per heavy atom. The molecule has 0 radical (unpaired) electrons. The first kappa shape index (κ1) is 21.1. The molecule has 3 rings (SSSR count). The summed E-state index contributed by atoms with van der Waals surface area (Å²) in [4.78, 5) is 13.5. The van der Waals surface area contributed by atoms with Gasteiger partial charge in [0.25, 0.3) is 5.91 Å². The highest BCUT2D eigenvalue weighted by atomic mass is 32.2. The number of rotatable bonds is 9. The van der Waals surface area contributed by atoms with Gasteiger partial charge in [-0.2, -0.15) is 0 Å². The van der Waals surface area contributed by atoms with E-state index in [1.54, 1.807) is 42.1 Å². The van der Waals surface area contributed by atoms with E-state index in [0.29, 0.717) is 5.56 Å². The van der Waals surface area contributed by atoms with Crippen molar-refractivity contribution in [2.75, 3.05) is 13.1 Å². The molecule has 29 heavy (non-hydrogen) atoms. The standard InChI is InChI=1S/C22H22N2O3S2/c25-22(23-15-16-24-29(26,27)21-9-5-2-6-10-21)19-11-13-20(14-12-19)28-17-18-7-3-1-4-8-18/h1-14,24H,15-17H2,(H,23,25). The highest BCUT2D eigenvalue weighted by molar-refractivity contribution is 7.98. The molecule has 7 heteroatoms.